The predicted octanol–water partition coefficient (Wildman–Crippen LogP) is 2.99. The molecular formula is C19H31N3O2. The predicted molar refractivity (Wildman–Crippen MR) is 97.3 cm³/mol. The molecule has 1 heterocycles. The minimum absolute atomic E-state index is 0.0446. The number of hydrogen-bond acceptors (Lipinski definition) is 3. The highest BCUT2D eigenvalue weighted by Crippen LogP contribution is 2.23. The molecule has 0 saturated carbocycles. The van der Waals surface area contributed by atoms with Crippen molar-refractivity contribution < 1.29 is 9.53 Å². The van der Waals surface area contributed by atoms with Gasteiger partial charge in [-0.15, -0.1) is 0 Å². The van der Waals surface area contributed by atoms with Crippen molar-refractivity contribution in [3.05, 3.63) is 29.8 Å². The smallest absolute Gasteiger partial charge is 0.317 e. The topological polar surface area (TPSA) is 44.8 Å². The van der Waals surface area contributed by atoms with Gasteiger partial charge in [0.05, 0.1) is 13.2 Å². The van der Waals surface area contributed by atoms with Crippen LogP contribution in [0.15, 0.2) is 24.3 Å². The van der Waals surface area contributed by atoms with Gasteiger partial charge >= 0.3 is 6.03 Å². The van der Waals surface area contributed by atoms with Gasteiger partial charge in [-0.05, 0) is 50.0 Å². The minimum Gasteiger partial charge on any atom is -0.497 e. The molecule has 2 amide bonds. The molecule has 1 N–H and O–H groups in total. The summed E-state index contributed by atoms with van der Waals surface area (Å²) in [7, 11) is 5.73. The third-order valence-electron chi connectivity index (χ3n) is 4.70. The van der Waals surface area contributed by atoms with Crippen molar-refractivity contribution >= 4 is 6.03 Å². The first-order valence-corrected chi connectivity index (χ1v) is 8.73. The fourth-order valence-electron chi connectivity index (χ4n) is 3.57. The second-order valence-corrected chi connectivity index (χ2v) is 7.29. The number of benzene rings is 1. The number of amides is 2. The van der Waals surface area contributed by atoms with E-state index in [2.05, 4.69) is 30.1 Å². The summed E-state index contributed by atoms with van der Waals surface area (Å²) < 4.78 is 5.32. The molecule has 0 radical (unpaired) electrons. The third kappa shape index (κ3) is 4.87. The molecular weight excluding hydrogens is 302 g/mol. The van der Waals surface area contributed by atoms with E-state index in [-0.39, 0.29) is 12.1 Å². The molecule has 1 aromatic rings. The van der Waals surface area contributed by atoms with Gasteiger partial charge in [-0.2, -0.15) is 0 Å². The van der Waals surface area contributed by atoms with Crippen LogP contribution in [0.5, 0.6) is 5.75 Å². The lowest BCUT2D eigenvalue weighted by Crippen LogP contribution is -2.48. The molecule has 1 saturated heterocycles. The fraction of sp³-hybridized carbons (Fsp3) is 0.632. The van der Waals surface area contributed by atoms with Crippen LogP contribution in [0.4, 0.5) is 4.79 Å². The Bertz CT molecular complexity index is 537. The van der Waals surface area contributed by atoms with Gasteiger partial charge in [0.2, 0.25) is 0 Å². The summed E-state index contributed by atoms with van der Waals surface area (Å²) >= 11 is 0. The van der Waals surface area contributed by atoms with E-state index >= 15 is 0 Å². The number of nitrogens with zero attached hydrogens (tertiary/aromatic N) is 2. The van der Waals surface area contributed by atoms with Crippen molar-refractivity contribution in [2.45, 2.75) is 26.3 Å². The van der Waals surface area contributed by atoms with Crippen molar-refractivity contribution in [1.82, 2.24) is 15.1 Å². The number of methoxy groups -OCH3 is 1. The molecule has 5 heteroatoms. The second-order valence-electron chi connectivity index (χ2n) is 7.29. The SMILES string of the molecule is COc1cccc(C(CNC(=O)N2CC(C)CC(C)C2)N(C)C)c1. The van der Waals surface area contributed by atoms with Gasteiger partial charge in [0.25, 0.3) is 0 Å². The summed E-state index contributed by atoms with van der Waals surface area (Å²) in [5.41, 5.74) is 1.14. The maximum absolute atomic E-state index is 12.5. The van der Waals surface area contributed by atoms with Crippen LogP contribution in [0.2, 0.25) is 0 Å². The average Bonchev–Trinajstić information content (AvgIpc) is 2.53. The molecule has 134 valence electrons. The van der Waals surface area contributed by atoms with E-state index in [1.807, 2.05) is 37.2 Å². The average molecular weight is 333 g/mol. The first-order chi connectivity index (χ1) is 11.4. The van der Waals surface area contributed by atoms with E-state index in [1.165, 1.54) is 6.42 Å². The zero-order chi connectivity index (χ0) is 17.7. The lowest BCUT2D eigenvalue weighted by molar-refractivity contribution is 0.143. The largest absolute Gasteiger partial charge is 0.497 e. The first-order valence-electron chi connectivity index (χ1n) is 8.73. The van der Waals surface area contributed by atoms with Crippen molar-refractivity contribution in [2.75, 3.05) is 40.8 Å². The van der Waals surface area contributed by atoms with E-state index in [0.29, 0.717) is 18.4 Å². The van der Waals surface area contributed by atoms with Crippen LogP contribution in [0.1, 0.15) is 31.9 Å². The van der Waals surface area contributed by atoms with Crippen molar-refractivity contribution in [1.29, 1.82) is 0 Å². The van der Waals surface area contributed by atoms with E-state index < -0.39 is 0 Å². The number of likely N-dealkylation sites (N-methyl/N-ethyl adjacent to an activating group) is 1. The molecule has 0 spiro atoms. The molecule has 1 aliphatic heterocycles. The summed E-state index contributed by atoms with van der Waals surface area (Å²) in [6.45, 7) is 6.71. The molecule has 1 fully saturated rings. The molecule has 2 rings (SSSR count). The van der Waals surface area contributed by atoms with Gasteiger partial charge in [0, 0.05) is 19.6 Å². The molecule has 24 heavy (non-hydrogen) atoms. The van der Waals surface area contributed by atoms with Crippen molar-refractivity contribution in [3.63, 3.8) is 0 Å². The van der Waals surface area contributed by atoms with Crippen molar-refractivity contribution in [2.24, 2.45) is 11.8 Å². The maximum atomic E-state index is 12.5. The molecule has 1 aliphatic rings. The Labute approximate surface area is 146 Å². The Morgan fingerprint density at radius 1 is 1.33 bits per heavy atom. The normalized spacial score (nSPS) is 22.3. The Morgan fingerprint density at radius 2 is 2.00 bits per heavy atom. The zero-order valence-corrected chi connectivity index (χ0v) is 15.6. The summed E-state index contributed by atoms with van der Waals surface area (Å²) in [4.78, 5) is 16.6. The number of rotatable bonds is 5. The van der Waals surface area contributed by atoms with E-state index in [0.717, 1.165) is 24.4 Å². The number of likely N-dealkylation sites (tertiary alicyclic amines) is 1. The summed E-state index contributed by atoms with van der Waals surface area (Å²) in [6.07, 6.45) is 1.20. The van der Waals surface area contributed by atoms with Crippen LogP contribution in [0.25, 0.3) is 0 Å². The molecule has 0 aromatic heterocycles. The number of hydrogen-bond donors (Lipinski definition) is 1. The Hall–Kier alpha value is -1.75. The number of nitrogens with one attached hydrogen (secondary N) is 1. The van der Waals surface area contributed by atoms with Gasteiger partial charge in [-0.3, -0.25) is 0 Å². The van der Waals surface area contributed by atoms with Crippen LogP contribution >= 0.6 is 0 Å². The highest BCUT2D eigenvalue weighted by atomic mass is 16.5. The molecule has 3 atom stereocenters. The Balaban J connectivity index is 1.99. The highest BCUT2D eigenvalue weighted by molar-refractivity contribution is 5.74. The molecule has 3 unspecified atom stereocenters. The quantitative estimate of drug-likeness (QED) is 0.901. The number of carbonyl (C=O) groups excluding carboxylic acids is 1. The van der Waals surface area contributed by atoms with E-state index in [4.69, 9.17) is 4.74 Å². The number of urea groups is 1. The van der Waals surface area contributed by atoms with Gasteiger partial charge in [0.1, 0.15) is 5.75 Å². The minimum atomic E-state index is 0.0446. The van der Waals surface area contributed by atoms with Crippen LogP contribution in [-0.4, -0.2) is 56.7 Å². The lowest BCUT2D eigenvalue weighted by Gasteiger charge is -2.35. The summed E-state index contributed by atoms with van der Waals surface area (Å²) in [6, 6.07) is 8.18. The Kier molecular flexibility index (Phi) is 6.49. The van der Waals surface area contributed by atoms with Gasteiger partial charge in [0.15, 0.2) is 0 Å². The van der Waals surface area contributed by atoms with Gasteiger partial charge < -0.3 is 19.9 Å². The van der Waals surface area contributed by atoms with E-state index in [9.17, 15) is 4.79 Å². The lowest BCUT2D eigenvalue weighted by atomic mass is 9.92. The summed E-state index contributed by atoms with van der Waals surface area (Å²) in [5.74, 6) is 1.98. The van der Waals surface area contributed by atoms with Crippen LogP contribution in [0, 0.1) is 11.8 Å². The van der Waals surface area contributed by atoms with Crippen LogP contribution < -0.4 is 10.1 Å². The number of piperidine rings is 1. The van der Waals surface area contributed by atoms with Crippen LogP contribution in [0.3, 0.4) is 0 Å². The fourth-order valence-corrected chi connectivity index (χ4v) is 3.57. The van der Waals surface area contributed by atoms with Crippen molar-refractivity contribution in [3.8, 4) is 5.75 Å². The molecule has 0 bridgehead atoms. The van der Waals surface area contributed by atoms with Crippen LogP contribution in [-0.2, 0) is 0 Å². The maximum Gasteiger partial charge on any atom is 0.317 e. The Morgan fingerprint density at radius 3 is 2.58 bits per heavy atom. The molecule has 0 aliphatic carbocycles. The molecule has 5 nitrogen and oxygen atoms in total. The summed E-state index contributed by atoms with van der Waals surface area (Å²) in [5, 5.41) is 3.12. The second kappa shape index (κ2) is 8.38. The number of carbonyl (C=O) groups is 1. The van der Waals surface area contributed by atoms with Gasteiger partial charge in [-0.25, -0.2) is 4.79 Å². The standard InChI is InChI=1S/C19H31N3O2/c1-14-9-15(2)13-22(12-14)19(23)20-11-18(21(3)4)16-7-6-8-17(10-16)24-5/h6-8,10,14-15,18H,9,11-13H2,1-5H3,(H,20,23). The zero-order valence-electron chi connectivity index (χ0n) is 15.6. The van der Waals surface area contributed by atoms with E-state index in [1.54, 1.807) is 7.11 Å². The van der Waals surface area contributed by atoms with Gasteiger partial charge in [-0.1, -0.05) is 26.0 Å². The third-order valence-corrected chi connectivity index (χ3v) is 4.70. The monoisotopic (exact) mass is 333 g/mol. The number of ether oxygens (including phenoxy) is 1. The highest BCUT2D eigenvalue weighted by Gasteiger charge is 2.26. The molecule has 1 aromatic carbocycles. The first kappa shape index (κ1) is 18.6.